The number of ketones is 2. The third-order valence-electron chi connectivity index (χ3n) is 6.90. The molecule has 0 amide bonds. The van der Waals surface area contributed by atoms with Crippen molar-refractivity contribution in [3.05, 3.63) is 57.6 Å². The Morgan fingerprint density at radius 3 is 2.37 bits per heavy atom. The Bertz CT molecular complexity index is 1190. The van der Waals surface area contributed by atoms with E-state index in [2.05, 4.69) is 4.99 Å². The summed E-state index contributed by atoms with van der Waals surface area (Å²) in [5.41, 5.74) is 12.0. The highest BCUT2D eigenvalue weighted by molar-refractivity contribution is 5.81. The molecule has 11 nitrogen and oxygen atoms in total. The number of carbonyl (C=O) groups excluding carboxylic acids is 2. The van der Waals surface area contributed by atoms with Crippen LogP contribution >= 0.6 is 0 Å². The molecular weight excluding hydrogens is 528 g/mol. The number of phenolic OH excluding ortho intramolecular Hbond substituents is 1. The molecule has 0 saturated heterocycles. The summed E-state index contributed by atoms with van der Waals surface area (Å²) in [5, 5.41) is 21.2. The minimum atomic E-state index is -0.488. The summed E-state index contributed by atoms with van der Waals surface area (Å²) in [4.78, 5) is 40.4. The molecule has 0 heterocycles. The number of carbonyl (C=O) groups is 2. The number of benzene rings is 2. The molecule has 2 rings (SSSR count). The number of phenols is 1. The monoisotopic (exact) mass is 570 g/mol. The van der Waals surface area contributed by atoms with E-state index in [0.29, 0.717) is 50.0 Å². The molecule has 41 heavy (non-hydrogen) atoms. The van der Waals surface area contributed by atoms with Gasteiger partial charge in [-0.1, -0.05) is 26.0 Å². The first-order valence-electron chi connectivity index (χ1n) is 13.9. The lowest BCUT2D eigenvalue weighted by Gasteiger charge is -2.18. The molecule has 0 aliphatic heterocycles. The maximum Gasteiger partial charge on any atom is 0.276 e. The van der Waals surface area contributed by atoms with Crippen LogP contribution in [0.3, 0.4) is 0 Å². The molecule has 5 N–H and O–H groups in total. The summed E-state index contributed by atoms with van der Waals surface area (Å²) in [6, 6.07) is 9.83. The topological polar surface area (TPSA) is 180 Å². The number of aromatic hydroxyl groups is 1. The fourth-order valence-electron chi connectivity index (χ4n) is 4.50. The van der Waals surface area contributed by atoms with E-state index >= 15 is 0 Å². The minimum Gasteiger partial charge on any atom is -0.508 e. The molecule has 224 valence electrons. The molecule has 0 saturated carbocycles. The van der Waals surface area contributed by atoms with Crippen molar-refractivity contribution in [2.45, 2.75) is 71.1 Å². The molecule has 2 aromatic rings. The summed E-state index contributed by atoms with van der Waals surface area (Å²) >= 11 is 0. The molecule has 2 unspecified atom stereocenters. The third kappa shape index (κ3) is 11.5. The number of methoxy groups -OCH3 is 1. The highest BCUT2D eigenvalue weighted by atomic mass is 16.6. The Morgan fingerprint density at radius 1 is 1.05 bits per heavy atom. The van der Waals surface area contributed by atoms with Crippen molar-refractivity contribution in [1.82, 2.24) is 0 Å². The Labute approximate surface area is 241 Å². The van der Waals surface area contributed by atoms with Gasteiger partial charge in [-0.3, -0.25) is 24.7 Å². The number of hydrogen-bond acceptors (Lipinski definition) is 8. The van der Waals surface area contributed by atoms with Gasteiger partial charge in [-0.25, -0.2) is 0 Å². The van der Waals surface area contributed by atoms with Crippen molar-refractivity contribution in [2.75, 3.05) is 20.3 Å². The second-order valence-electron chi connectivity index (χ2n) is 10.3. The fraction of sp³-hybridized carbons (Fsp3) is 0.500. The van der Waals surface area contributed by atoms with Crippen LogP contribution in [0.2, 0.25) is 0 Å². The van der Waals surface area contributed by atoms with Crippen LogP contribution in [0.4, 0.5) is 5.69 Å². The van der Waals surface area contributed by atoms with Crippen molar-refractivity contribution >= 4 is 23.2 Å². The van der Waals surface area contributed by atoms with Crippen LogP contribution in [0.15, 0.2) is 41.4 Å². The van der Waals surface area contributed by atoms with Crippen molar-refractivity contribution in [1.29, 1.82) is 0 Å². The van der Waals surface area contributed by atoms with Gasteiger partial charge in [0, 0.05) is 37.3 Å². The second-order valence-corrected chi connectivity index (χ2v) is 10.3. The second kappa shape index (κ2) is 16.8. The Hall–Kier alpha value is -4.15. The number of guanidine groups is 1. The number of ether oxygens (including phenoxy) is 2. The Kier molecular flexibility index (Phi) is 13.6. The largest absolute Gasteiger partial charge is 0.508 e. The van der Waals surface area contributed by atoms with Gasteiger partial charge < -0.3 is 26.0 Å². The van der Waals surface area contributed by atoms with E-state index in [9.17, 15) is 24.8 Å². The summed E-state index contributed by atoms with van der Waals surface area (Å²) in [6.45, 7) is 4.28. The van der Waals surface area contributed by atoms with Crippen LogP contribution < -0.4 is 20.9 Å². The molecule has 2 atom stereocenters. The van der Waals surface area contributed by atoms with Gasteiger partial charge in [0.15, 0.2) is 17.5 Å². The number of Topliss-reactive ketones (excluding diaryl/α,β-unsaturated/α-hetero) is 2. The van der Waals surface area contributed by atoms with Gasteiger partial charge >= 0.3 is 0 Å². The van der Waals surface area contributed by atoms with E-state index in [0.717, 1.165) is 18.4 Å². The van der Waals surface area contributed by atoms with Crippen LogP contribution in [0.5, 0.6) is 17.2 Å². The number of aliphatic imine (C=N–C) groups is 1. The first-order chi connectivity index (χ1) is 19.5. The van der Waals surface area contributed by atoms with Crippen molar-refractivity contribution in [3.63, 3.8) is 0 Å². The number of nitrogens with two attached hydrogens (primary N) is 2. The predicted molar refractivity (Wildman–Crippen MR) is 158 cm³/mol. The third-order valence-corrected chi connectivity index (χ3v) is 6.90. The first-order valence-corrected chi connectivity index (χ1v) is 13.9. The highest BCUT2D eigenvalue weighted by Crippen LogP contribution is 2.39. The predicted octanol–water partition coefficient (Wildman–Crippen LogP) is 4.81. The molecule has 11 heteroatoms. The maximum atomic E-state index is 12.8. The van der Waals surface area contributed by atoms with Gasteiger partial charge in [0.05, 0.1) is 24.7 Å². The lowest BCUT2D eigenvalue weighted by Crippen LogP contribution is -2.23. The number of nitro groups is 1. The molecule has 0 bridgehead atoms. The van der Waals surface area contributed by atoms with Gasteiger partial charge in [-0.05, 0) is 61.8 Å². The number of nitro benzene ring substituents is 1. The lowest BCUT2D eigenvalue weighted by atomic mass is 9.88. The number of rotatable bonds is 19. The molecule has 0 aromatic heterocycles. The molecule has 0 aliphatic carbocycles. The quantitative estimate of drug-likeness (QED) is 0.0702. The van der Waals surface area contributed by atoms with E-state index in [4.69, 9.17) is 20.9 Å². The number of hydrogen-bond donors (Lipinski definition) is 3. The lowest BCUT2D eigenvalue weighted by molar-refractivity contribution is -0.385. The minimum absolute atomic E-state index is 0.00120. The average molecular weight is 571 g/mol. The van der Waals surface area contributed by atoms with Crippen LogP contribution in [-0.4, -0.2) is 47.8 Å². The van der Waals surface area contributed by atoms with Gasteiger partial charge in [0.2, 0.25) is 0 Å². The SMILES string of the molecule is COc1cc([N+](=O)[O-])c(C(C)CC(=O)C(C)CCCN=C(N)N)cc1OCCCC(=O)CCCc1ccc(O)cc1. The van der Waals surface area contributed by atoms with Crippen LogP contribution in [-0.2, 0) is 16.0 Å². The average Bonchev–Trinajstić information content (AvgIpc) is 2.93. The number of aryl methyl sites for hydroxylation is 1. The van der Waals surface area contributed by atoms with E-state index in [1.54, 1.807) is 25.1 Å². The zero-order valence-electron chi connectivity index (χ0n) is 24.1. The van der Waals surface area contributed by atoms with Crippen molar-refractivity contribution in [2.24, 2.45) is 22.4 Å². The molecule has 0 fully saturated rings. The zero-order valence-corrected chi connectivity index (χ0v) is 24.1. The van der Waals surface area contributed by atoms with Gasteiger partial charge in [0.1, 0.15) is 17.3 Å². The molecular formula is C30H42N4O7. The summed E-state index contributed by atoms with van der Waals surface area (Å²) < 4.78 is 11.2. The summed E-state index contributed by atoms with van der Waals surface area (Å²) in [5.74, 6) is 0.235. The fourth-order valence-corrected chi connectivity index (χ4v) is 4.50. The van der Waals surface area contributed by atoms with Gasteiger partial charge in [0.25, 0.3) is 5.69 Å². The molecule has 0 radical (unpaired) electrons. The maximum absolute atomic E-state index is 12.8. The van der Waals surface area contributed by atoms with E-state index in [-0.39, 0.29) is 53.7 Å². The molecule has 2 aromatic carbocycles. The van der Waals surface area contributed by atoms with Crippen molar-refractivity contribution < 1.29 is 29.1 Å². The van der Waals surface area contributed by atoms with E-state index in [1.165, 1.54) is 13.2 Å². The first kappa shape index (κ1) is 33.1. The number of nitrogens with zero attached hydrogens (tertiary/aromatic N) is 2. The molecule has 0 aliphatic rings. The van der Waals surface area contributed by atoms with Crippen LogP contribution in [0.25, 0.3) is 0 Å². The normalized spacial score (nSPS) is 12.3. The summed E-state index contributed by atoms with van der Waals surface area (Å²) in [6.07, 6.45) is 4.15. The van der Waals surface area contributed by atoms with Gasteiger partial charge in [-0.2, -0.15) is 0 Å². The van der Waals surface area contributed by atoms with Crippen LogP contribution in [0, 0.1) is 16.0 Å². The smallest absolute Gasteiger partial charge is 0.276 e. The molecule has 0 spiro atoms. The van der Waals surface area contributed by atoms with Crippen molar-refractivity contribution in [3.8, 4) is 17.2 Å². The zero-order chi connectivity index (χ0) is 30.4. The Balaban J connectivity index is 1.94. The standard InChI is InChI=1S/C30H42N4O7/c1-20(7-5-15-33-30(31)32)27(37)17-21(2)25-18-29(28(40-3)19-26(25)34(38)39)41-16-6-10-23(35)9-4-8-22-11-13-24(36)14-12-22/h11-14,18-21,36H,4-10,15-17H2,1-3H3,(H4,31,32,33). The van der Waals surface area contributed by atoms with Gasteiger partial charge in [-0.15, -0.1) is 0 Å². The van der Waals surface area contributed by atoms with E-state index in [1.807, 2.05) is 19.1 Å². The summed E-state index contributed by atoms with van der Waals surface area (Å²) in [7, 11) is 1.40. The highest BCUT2D eigenvalue weighted by Gasteiger charge is 2.26. The van der Waals surface area contributed by atoms with Crippen LogP contribution in [0.1, 0.15) is 75.8 Å². The Morgan fingerprint density at radius 2 is 1.73 bits per heavy atom. The van der Waals surface area contributed by atoms with E-state index < -0.39 is 10.8 Å².